The summed E-state index contributed by atoms with van der Waals surface area (Å²) in [5, 5.41) is 46.5. The molecule has 0 bridgehead atoms. The molecule has 1 aliphatic rings. The number of aliphatic hydroxyl groups excluding tert-OH is 3. The number of hydrogen-bond donors (Lipinski definition) is 6. The van der Waals surface area contributed by atoms with E-state index in [0.717, 1.165) is 120 Å². The van der Waals surface area contributed by atoms with Gasteiger partial charge in [-0.15, -0.1) is 5.11 Å². The van der Waals surface area contributed by atoms with Crippen molar-refractivity contribution in [1.29, 1.82) is 0 Å². The first-order valence-electron chi connectivity index (χ1n) is 42.8. The van der Waals surface area contributed by atoms with Crippen LogP contribution in [0.15, 0.2) is 15.2 Å². The Hall–Kier alpha value is -3.23. The molecule has 0 spiro atoms. The van der Waals surface area contributed by atoms with E-state index in [0.29, 0.717) is 99.2 Å². The molecule has 1 heterocycles. The molecule has 6 atom stereocenters. The Morgan fingerprint density at radius 1 is 0.500 bits per heavy atom. The molecular formula is C90H187N5O13. The molecule has 0 radical (unpaired) electrons. The van der Waals surface area contributed by atoms with Crippen LogP contribution in [0.3, 0.4) is 0 Å². The van der Waals surface area contributed by atoms with Crippen LogP contribution in [0.2, 0.25) is 0 Å². The molecule has 0 fully saturated rings. The highest BCUT2D eigenvalue weighted by atomic mass is 16.5. The third-order valence-electron chi connectivity index (χ3n) is 16.9. The smallest absolute Gasteiger partial charge is 0.304 e. The van der Waals surface area contributed by atoms with Gasteiger partial charge in [0, 0.05) is 52.2 Å². The van der Waals surface area contributed by atoms with E-state index < -0.39 is 18.2 Å². The number of aliphatic carboxylic acids is 1. The van der Waals surface area contributed by atoms with Crippen LogP contribution < -0.4 is 11.1 Å². The first kappa shape index (κ1) is 123. The largest absolute Gasteiger partial charge is 0.481 e. The van der Waals surface area contributed by atoms with Crippen LogP contribution in [-0.4, -0.2) is 145 Å². The third-order valence-corrected chi connectivity index (χ3v) is 16.9. The molecule has 0 saturated heterocycles. The maximum absolute atomic E-state index is 11.4. The van der Waals surface area contributed by atoms with Gasteiger partial charge >= 0.3 is 5.97 Å². The summed E-state index contributed by atoms with van der Waals surface area (Å²) in [4.78, 5) is 68.6. The van der Waals surface area contributed by atoms with Gasteiger partial charge in [-0.3, -0.25) is 28.8 Å². The van der Waals surface area contributed by atoms with Gasteiger partial charge in [0.15, 0.2) is 12.5 Å². The Bertz CT molecular complexity index is 2000. The van der Waals surface area contributed by atoms with Crippen molar-refractivity contribution in [1.82, 2.24) is 5.32 Å². The highest BCUT2D eigenvalue weighted by Gasteiger charge is 2.19. The number of carbonyl (C=O) groups excluding carboxylic acids is 5. The minimum Gasteiger partial charge on any atom is -0.481 e. The number of carboxylic acids is 1. The number of nitrogens with two attached hydrogens (primary N) is 1. The van der Waals surface area contributed by atoms with Crippen LogP contribution in [0.5, 0.6) is 0 Å². The van der Waals surface area contributed by atoms with Crippen LogP contribution in [0, 0.1) is 76.4 Å². The van der Waals surface area contributed by atoms with E-state index in [2.05, 4.69) is 187 Å². The Balaban J connectivity index is -0.000000145. The molecular weight excluding hydrogens is 1360 g/mol. The zero-order chi connectivity index (χ0) is 85.8. The number of Topliss-reactive ketones (excluding diaryl/α,β-unsaturated/α-hetero) is 5. The van der Waals surface area contributed by atoms with Gasteiger partial charge < -0.3 is 45.7 Å². The average Bonchev–Trinajstić information content (AvgIpc) is 1.08. The first-order valence-corrected chi connectivity index (χ1v) is 42.8. The lowest BCUT2D eigenvalue weighted by Gasteiger charge is -2.18. The average molecular weight is 1550 g/mol. The summed E-state index contributed by atoms with van der Waals surface area (Å²) >= 11 is 0. The molecule has 1 rings (SSSR count). The first-order chi connectivity index (χ1) is 50.0. The number of ketones is 5. The third kappa shape index (κ3) is 124. The molecule has 6 unspecified atom stereocenters. The second-order valence-electron chi connectivity index (χ2n) is 35.3. The standard InChI is InChI=1S/C14H29NO2.C10H18O3.C10H22.C9H20O.C8H15N3.C8H17NO.2C8H16O2.C8H18.C7H16O2/c1-5-6-10-17-11-9-15-14(13(4)16)8-7-12(2)3;1-7(2)4-5-9(8(3)11)6-10(12)13;1-9(2)7-6-8-10(3,4)5;1-4-9(7-10)6-5-8(2)3;1-7(2)4-3-5-8-9-6-10-11-8;1-6(2)4-5-8(9)7(3)10;1-6(2)4-8(10)5-7(3)9;1-6(2)4-5-8(10)7(3)9;1-4-5-6-7-8(2)3;1-7(2)6-9-5-4-8-3/h12,14-15H,5-11H2,1-4H3;7,9H,4-6H2,1-3H3,(H,12,13);9H,6-8H2,1-5H3;8-10H,4-7H2,1-3H3;7H,3-6H2,1-2H3;6,8H,4-5,9H2,1-3H3;2*6,8,10H,4-5H2,1-3H3;8H,4-7H2,1-3H3;7H,4-6H2,1-3H3. The van der Waals surface area contributed by atoms with Crippen LogP contribution in [-0.2, 0) is 43.0 Å². The van der Waals surface area contributed by atoms with Crippen molar-refractivity contribution in [2.45, 2.75) is 406 Å². The molecule has 0 saturated carbocycles. The summed E-state index contributed by atoms with van der Waals surface area (Å²) in [7, 11) is 1.68. The van der Waals surface area contributed by atoms with E-state index in [4.69, 9.17) is 40.4 Å². The number of aliphatic imine (C=N–C) groups is 1. The molecule has 0 aromatic heterocycles. The van der Waals surface area contributed by atoms with Crippen molar-refractivity contribution in [2.24, 2.45) is 97.4 Å². The van der Waals surface area contributed by atoms with Crippen molar-refractivity contribution in [3.05, 3.63) is 0 Å². The lowest BCUT2D eigenvalue weighted by Crippen LogP contribution is -2.37. The number of carbonyl (C=O) groups is 6. The van der Waals surface area contributed by atoms with E-state index in [1.54, 1.807) is 21.0 Å². The molecule has 7 N–H and O–H groups in total. The number of azo groups is 1. The number of nitrogens with one attached hydrogen (secondary N) is 1. The van der Waals surface area contributed by atoms with Crippen LogP contribution >= 0.6 is 0 Å². The topological polar surface area (TPSA) is 286 Å². The van der Waals surface area contributed by atoms with Gasteiger partial charge in [-0.25, -0.2) is 4.99 Å². The van der Waals surface area contributed by atoms with Gasteiger partial charge in [0.1, 0.15) is 35.1 Å². The number of nitrogens with zero attached hydrogens (tertiary/aromatic N) is 3. The molecule has 0 aliphatic carbocycles. The van der Waals surface area contributed by atoms with Gasteiger partial charge in [0.25, 0.3) is 0 Å². The van der Waals surface area contributed by atoms with E-state index in [1.165, 1.54) is 91.4 Å². The zero-order valence-electron chi connectivity index (χ0n) is 77.2. The van der Waals surface area contributed by atoms with E-state index in [1.807, 2.05) is 13.8 Å². The van der Waals surface area contributed by atoms with Gasteiger partial charge in [-0.2, -0.15) is 5.11 Å². The fourth-order valence-corrected chi connectivity index (χ4v) is 9.52. The summed E-state index contributed by atoms with van der Waals surface area (Å²) in [6.07, 6.45) is 25.9. The summed E-state index contributed by atoms with van der Waals surface area (Å²) in [6.45, 7) is 69.9. The number of hydrogen-bond acceptors (Lipinski definition) is 17. The Morgan fingerprint density at radius 2 is 0.972 bits per heavy atom. The van der Waals surface area contributed by atoms with Crippen LogP contribution in [0.4, 0.5) is 0 Å². The van der Waals surface area contributed by atoms with E-state index in [9.17, 15) is 28.8 Å². The highest BCUT2D eigenvalue weighted by Crippen LogP contribution is 2.23. The number of rotatable bonds is 50. The van der Waals surface area contributed by atoms with Gasteiger partial charge in [-0.05, 0) is 182 Å². The number of amidine groups is 1. The van der Waals surface area contributed by atoms with Gasteiger partial charge in [0.05, 0.1) is 44.4 Å². The lowest BCUT2D eigenvalue weighted by molar-refractivity contribution is -0.140. The van der Waals surface area contributed by atoms with E-state index >= 15 is 0 Å². The van der Waals surface area contributed by atoms with Crippen molar-refractivity contribution in [2.75, 3.05) is 60.0 Å². The normalized spacial score (nSPS) is 13.2. The summed E-state index contributed by atoms with van der Waals surface area (Å²) in [6, 6.07) is -0.227. The molecule has 650 valence electrons. The van der Waals surface area contributed by atoms with Gasteiger partial charge in [-0.1, -0.05) is 251 Å². The molecule has 108 heavy (non-hydrogen) atoms. The van der Waals surface area contributed by atoms with Crippen molar-refractivity contribution in [3.63, 3.8) is 0 Å². The minimum atomic E-state index is -0.885. The van der Waals surface area contributed by atoms with Crippen molar-refractivity contribution in [3.8, 4) is 0 Å². The molecule has 18 heteroatoms. The molecule has 0 aromatic carbocycles. The Morgan fingerprint density at radius 3 is 1.35 bits per heavy atom. The number of methoxy groups -OCH3 is 1. The summed E-state index contributed by atoms with van der Waals surface area (Å²) in [5.41, 5.74) is 6.05. The zero-order valence-corrected chi connectivity index (χ0v) is 77.2. The predicted molar refractivity (Wildman–Crippen MR) is 462 cm³/mol. The SMILES string of the molecule is CC(=O)C(CCC(C)C)CC(=O)O.CC(=O)C(N)CCC(C)C.CC(=O)C(O)CCC(C)C.CC(=O)CC(O)CC(C)C.CC(C)CCCC(C)(C)C.CC(C)CCCC1=NCN=N1.CCC(CO)CCC(C)C.CCCCCC(C)C.CCCCOCCNC(CCC(C)C)C(C)=O.COCCOCC(C)C. The number of unbranched alkanes of at least 4 members (excludes halogenated alkanes) is 3. The molecule has 18 nitrogen and oxygen atoms in total. The van der Waals surface area contributed by atoms with Crippen LogP contribution in [0.1, 0.15) is 382 Å². The number of carboxylic acid groups (broad SMARTS) is 1. The number of ether oxygens (including phenoxy) is 3. The second-order valence-corrected chi connectivity index (χ2v) is 35.3. The monoisotopic (exact) mass is 1550 g/mol. The lowest BCUT2D eigenvalue weighted by atomic mass is 9.88. The highest BCUT2D eigenvalue weighted by molar-refractivity contribution is 5.84. The summed E-state index contributed by atoms with van der Waals surface area (Å²) in [5.74, 6) is 7.39. The van der Waals surface area contributed by atoms with Gasteiger partial charge in [0.2, 0.25) is 0 Å². The maximum atomic E-state index is 11.4. The molecule has 1 aliphatic heterocycles. The maximum Gasteiger partial charge on any atom is 0.304 e. The minimum absolute atomic E-state index is 0.00664. The molecule has 0 amide bonds. The predicted octanol–water partition coefficient (Wildman–Crippen LogP) is 22.4. The quantitative estimate of drug-likeness (QED) is 0.0309. The van der Waals surface area contributed by atoms with Crippen LogP contribution in [0.25, 0.3) is 0 Å². The summed E-state index contributed by atoms with van der Waals surface area (Å²) < 4.78 is 15.5. The van der Waals surface area contributed by atoms with Crippen molar-refractivity contribution >= 4 is 40.7 Å². The number of aliphatic hydroxyl groups is 3. The second kappa shape index (κ2) is 86.2. The fourth-order valence-electron chi connectivity index (χ4n) is 9.52. The van der Waals surface area contributed by atoms with Crippen molar-refractivity contribution < 1.29 is 63.4 Å². The van der Waals surface area contributed by atoms with E-state index in [-0.39, 0.29) is 53.3 Å². The Kier molecular flexibility index (Phi) is 98.2. The fraction of sp³-hybridized carbons (Fsp3) is 0.922. The Labute approximate surface area is 669 Å². The molecule has 0 aromatic rings.